The summed E-state index contributed by atoms with van der Waals surface area (Å²) in [4.78, 5) is -0.213. The van der Waals surface area contributed by atoms with E-state index >= 15 is 0 Å². The van der Waals surface area contributed by atoms with Crippen LogP contribution in [-0.4, -0.2) is 13.0 Å². The zero-order chi connectivity index (χ0) is 23.3. The van der Waals surface area contributed by atoms with Crippen molar-refractivity contribution in [3.63, 3.8) is 0 Å². The molecule has 0 N–H and O–H groups in total. The summed E-state index contributed by atoms with van der Waals surface area (Å²) in [6.45, 7) is 2.10. The fourth-order valence-electron chi connectivity index (χ4n) is 3.57. The Morgan fingerprint density at radius 1 is 0.588 bits per heavy atom. The van der Waals surface area contributed by atoms with Crippen LogP contribution in [0.5, 0.6) is 0 Å². The third-order valence-corrected chi connectivity index (χ3v) is 6.35. The Hall–Kier alpha value is -2.73. The number of rotatable bonds is 6. The van der Waals surface area contributed by atoms with Crippen LogP contribution >= 0.6 is 0 Å². The summed E-state index contributed by atoms with van der Waals surface area (Å²) >= 11 is 0. The van der Waals surface area contributed by atoms with Crippen molar-refractivity contribution in [2.24, 2.45) is 0 Å². The smallest absolute Gasteiger partial charge is 0.744 e. The van der Waals surface area contributed by atoms with E-state index < -0.39 is 10.1 Å². The molecule has 4 aromatic carbocycles. The fourth-order valence-corrected chi connectivity index (χ4v) is 4.24. The molecule has 3 nitrogen and oxygen atoms in total. The summed E-state index contributed by atoms with van der Waals surface area (Å²) in [7, 11) is -4.51. The van der Waals surface area contributed by atoms with Gasteiger partial charge in [0.15, 0.2) is 0 Å². The Bertz CT molecular complexity index is 1420. The first-order valence-electron chi connectivity index (χ1n) is 10.6. The van der Waals surface area contributed by atoms with Crippen molar-refractivity contribution in [3.8, 4) is 11.1 Å². The Morgan fingerprint density at radius 2 is 1.03 bits per heavy atom. The van der Waals surface area contributed by atoms with Gasteiger partial charge in [-0.2, -0.15) is 0 Å². The molecule has 0 atom stereocenters. The van der Waals surface area contributed by atoms with Crippen LogP contribution in [-0.2, 0) is 10.1 Å². The van der Waals surface area contributed by atoms with Gasteiger partial charge in [0.2, 0.25) is 0 Å². The SMILES string of the molecule is Cc1ccccc1/C=C/c1ccc(-c2ccc(/C=C/c3ccccc3S(=O)(=O)[O-])cc2)cc1.[Na+]. The molecule has 164 valence electrons. The molecule has 0 aromatic heterocycles. The maximum Gasteiger partial charge on any atom is 1.00 e. The van der Waals surface area contributed by atoms with Crippen LogP contribution < -0.4 is 29.6 Å². The minimum Gasteiger partial charge on any atom is -0.744 e. The molecular weight excluding hydrogens is 451 g/mol. The van der Waals surface area contributed by atoms with E-state index in [1.807, 2.05) is 36.4 Å². The predicted octanol–water partition coefficient (Wildman–Crippen LogP) is 3.91. The zero-order valence-corrected chi connectivity index (χ0v) is 22.0. The molecule has 4 rings (SSSR count). The Kier molecular flexibility index (Phi) is 8.84. The number of aryl methyl sites for hydroxylation is 1. The molecule has 0 aliphatic carbocycles. The van der Waals surface area contributed by atoms with Gasteiger partial charge in [-0.05, 0) is 51.9 Å². The van der Waals surface area contributed by atoms with Crippen LogP contribution in [0.15, 0.2) is 102 Å². The molecule has 5 heteroatoms. The minimum atomic E-state index is -4.51. The van der Waals surface area contributed by atoms with Crippen molar-refractivity contribution >= 4 is 34.4 Å². The first kappa shape index (κ1) is 25.9. The number of benzene rings is 4. The first-order valence-corrected chi connectivity index (χ1v) is 12.0. The molecular formula is C29H23NaO3S. The fraction of sp³-hybridized carbons (Fsp3) is 0.0345. The van der Waals surface area contributed by atoms with E-state index in [2.05, 4.69) is 55.5 Å². The molecule has 0 amide bonds. The summed E-state index contributed by atoms with van der Waals surface area (Å²) < 4.78 is 34.3. The van der Waals surface area contributed by atoms with Crippen molar-refractivity contribution in [2.75, 3.05) is 0 Å². The Labute approximate surface area is 223 Å². The molecule has 0 bridgehead atoms. The average molecular weight is 475 g/mol. The van der Waals surface area contributed by atoms with Gasteiger partial charge in [0, 0.05) is 0 Å². The Morgan fingerprint density at radius 3 is 1.53 bits per heavy atom. The second-order valence-corrected chi connectivity index (χ2v) is 9.11. The van der Waals surface area contributed by atoms with E-state index in [4.69, 9.17) is 0 Å². The van der Waals surface area contributed by atoms with Crippen LogP contribution in [0.1, 0.15) is 27.8 Å². The second-order valence-electron chi connectivity index (χ2n) is 7.76. The number of hydrogen-bond acceptors (Lipinski definition) is 3. The van der Waals surface area contributed by atoms with Crippen molar-refractivity contribution in [3.05, 3.63) is 125 Å². The molecule has 0 unspecified atom stereocenters. The van der Waals surface area contributed by atoms with Gasteiger partial charge in [0.05, 0.1) is 4.90 Å². The molecule has 0 saturated carbocycles. The van der Waals surface area contributed by atoms with Gasteiger partial charge in [-0.3, -0.25) is 0 Å². The molecule has 0 radical (unpaired) electrons. The van der Waals surface area contributed by atoms with E-state index in [-0.39, 0.29) is 34.5 Å². The standard InChI is InChI=1S/C29H24O3S.Na/c1-22-6-2-3-7-25(22)16-10-23-11-17-26(18-12-23)27-19-13-24(14-20-27)15-21-28-8-4-5-9-29(28)33(30,31)32;/h2-21H,1H3,(H,30,31,32);/q;+1/p-1/b16-10+,21-15+;. The third-order valence-electron chi connectivity index (χ3n) is 5.44. The van der Waals surface area contributed by atoms with E-state index in [9.17, 15) is 13.0 Å². The molecule has 0 aliphatic rings. The van der Waals surface area contributed by atoms with E-state index in [0.717, 1.165) is 22.3 Å². The second kappa shape index (κ2) is 11.6. The molecule has 0 aliphatic heterocycles. The van der Waals surface area contributed by atoms with Gasteiger partial charge in [0.1, 0.15) is 10.1 Å². The van der Waals surface area contributed by atoms with Crippen molar-refractivity contribution in [1.82, 2.24) is 0 Å². The van der Waals surface area contributed by atoms with Gasteiger partial charge >= 0.3 is 29.6 Å². The van der Waals surface area contributed by atoms with Crippen LogP contribution in [0.25, 0.3) is 35.4 Å². The van der Waals surface area contributed by atoms with Gasteiger partial charge in [-0.1, -0.05) is 115 Å². The summed E-state index contributed by atoms with van der Waals surface area (Å²) in [5.74, 6) is 0. The largest absolute Gasteiger partial charge is 1.00 e. The van der Waals surface area contributed by atoms with Crippen LogP contribution in [0, 0.1) is 6.92 Å². The topological polar surface area (TPSA) is 57.2 Å². The van der Waals surface area contributed by atoms with Gasteiger partial charge in [-0.25, -0.2) is 8.42 Å². The molecule has 34 heavy (non-hydrogen) atoms. The van der Waals surface area contributed by atoms with E-state index in [1.165, 1.54) is 17.2 Å². The molecule has 0 spiro atoms. The average Bonchev–Trinajstić information content (AvgIpc) is 2.82. The van der Waals surface area contributed by atoms with Gasteiger partial charge in [0.25, 0.3) is 0 Å². The molecule has 0 heterocycles. The van der Waals surface area contributed by atoms with E-state index in [1.54, 1.807) is 30.4 Å². The van der Waals surface area contributed by atoms with E-state index in [0.29, 0.717) is 5.56 Å². The van der Waals surface area contributed by atoms with Crippen LogP contribution in [0.2, 0.25) is 0 Å². The monoisotopic (exact) mass is 474 g/mol. The summed E-state index contributed by atoms with van der Waals surface area (Å²) in [5.41, 5.74) is 7.08. The van der Waals surface area contributed by atoms with Gasteiger partial charge in [-0.15, -0.1) is 0 Å². The molecule has 4 aromatic rings. The first-order chi connectivity index (χ1) is 15.9. The predicted molar refractivity (Wildman–Crippen MR) is 135 cm³/mol. The van der Waals surface area contributed by atoms with Gasteiger partial charge < -0.3 is 4.55 Å². The quantitative estimate of drug-likeness (QED) is 0.242. The summed E-state index contributed by atoms with van der Waals surface area (Å²) in [5, 5.41) is 0. The summed E-state index contributed by atoms with van der Waals surface area (Å²) in [6.07, 6.45) is 7.68. The molecule has 0 saturated heterocycles. The molecule has 0 fully saturated rings. The van der Waals surface area contributed by atoms with Crippen LogP contribution in [0.4, 0.5) is 0 Å². The number of hydrogen-bond donors (Lipinski definition) is 0. The zero-order valence-electron chi connectivity index (χ0n) is 19.2. The van der Waals surface area contributed by atoms with Crippen molar-refractivity contribution in [2.45, 2.75) is 11.8 Å². The van der Waals surface area contributed by atoms with Crippen molar-refractivity contribution in [1.29, 1.82) is 0 Å². The maximum absolute atomic E-state index is 11.4. The normalized spacial score (nSPS) is 11.6. The van der Waals surface area contributed by atoms with Crippen LogP contribution in [0.3, 0.4) is 0 Å². The maximum atomic E-state index is 11.4. The van der Waals surface area contributed by atoms with Crippen molar-refractivity contribution < 1.29 is 42.5 Å². The summed E-state index contributed by atoms with van der Waals surface area (Å²) in [6, 6.07) is 30.8. The minimum absolute atomic E-state index is 0. The Balaban J connectivity index is 0.00000324. The third kappa shape index (κ3) is 6.66.